The molecule has 10 heteroatoms. The second-order valence-corrected chi connectivity index (χ2v) is 6.41. The highest BCUT2D eigenvalue weighted by atomic mass is 79.9. The first-order chi connectivity index (χ1) is 8.91. The van der Waals surface area contributed by atoms with Crippen LogP contribution >= 0.6 is 15.9 Å². The van der Waals surface area contributed by atoms with Crippen LogP contribution in [0.4, 0.5) is 5.69 Å². The van der Waals surface area contributed by atoms with Gasteiger partial charge in [0.05, 0.1) is 30.8 Å². The Morgan fingerprint density at radius 1 is 1.53 bits per heavy atom. The molecule has 0 unspecified atom stereocenters. The van der Waals surface area contributed by atoms with Crippen LogP contribution in [-0.2, 0) is 16.6 Å². The van der Waals surface area contributed by atoms with E-state index in [0.717, 1.165) is 4.68 Å². The third-order valence-corrected chi connectivity index (χ3v) is 4.42. The Morgan fingerprint density at radius 2 is 2.21 bits per heavy atom. The molecule has 8 nitrogen and oxygen atoms in total. The van der Waals surface area contributed by atoms with Gasteiger partial charge in [0.1, 0.15) is 4.47 Å². The third kappa shape index (κ3) is 4.56. The van der Waals surface area contributed by atoms with E-state index in [0.29, 0.717) is 5.69 Å². The van der Waals surface area contributed by atoms with Crippen molar-refractivity contribution in [1.29, 1.82) is 0 Å². The predicted molar refractivity (Wildman–Crippen MR) is 74.6 cm³/mol. The van der Waals surface area contributed by atoms with Gasteiger partial charge in [0.2, 0.25) is 10.0 Å². The van der Waals surface area contributed by atoms with Gasteiger partial charge in [0.15, 0.2) is 0 Å². The zero-order valence-electron chi connectivity index (χ0n) is 10.3. The summed E-state index contributed by atoms with van der Waals surface area (Å²) < 4.78 is 26.0. The van der Waals surface area contributed by atoms with E-state index in [2.05, 4.69) is 31.1 Å². The molecule has 1 heterocycles. The number of aromatic nitrogens is 2. The molecule has 0 aliphatic rings. The summed E-state index contributed by atoms with van der Waals surface area (Å²) in [5, 5.41) is 15.4. The van der Waals surface area contributed by atoms with E-state index in [-0.39, 0.29) is 29.9 Å². The minimum atomic E-state index is -3.29. The molecule has 1 rings (SSSR count). The average Bonchev–Trinajstić information content (AvgIpc) is 2.38. The zero-order valence-corrected chi connectivity index (χ0v) is 12.7. The molecule has 0 radical (unpaired) electrons. The fourth-order valence-corrected chi connectivity index (χ4v) is 2.29. The second kappa shape index (κ2) is 6.98. The molecule has 0 fully saturated rings. The average molecular weight is 355 g/mol. The summed E-state index contributed by atoms with van der Waals surface area (Å²) in [5.74, 6) is -0.115. The third-order valence-electron chi connectivity index (χ3n) is 2.29. The monoisotopic (exact) mass is 354 g/mol. The first-order valence-electron chi connectivity index (χ1n) is 5.43. The van der Waals surface area contributed by atoms with Crippen molar-refractivity contribution in [3.8, 4) is 0 Å². The minimum absolute atomic E-state index is 0.103. The number of sulfonamides is 1. The lowest BCUT2D eigenvalue weighted by Crippen LogP contribution is -2.28. The lowest BCUT2D eigenvalue weighted by atomic mass is 10.4. The summed E-state index contributed by atoms with van der Waals surface area (Å²) in [6.45, 7) is 0.0608. The van der Waals surface area contributed by atoms with Gasteiger partial charge in [-0.2, -0.15) is 5.10 Å². The molecule has 0 bridgehead atoms. The van der Waals surface area contributed by atoms with Gasteiger partial charge < -0.3 is 10.4 Å². The van der Waals surface area contributed by atoms with E-state index in [1.54, 1.807) is 0 Å². The van der Waals surface area contributed by atoms with Crippen molar-refractivity contribution >= 4 is 31.6 Å². The van der Waals surface area contributed by atoms with E-state index in [1.807, 2.05) is 0 Å². The fourth-order valence-electron chi connectivity index (χ4n) is 1.26. The summed E-state index contributed by atoms with van der Waals surface area (Å²) >= 11 is 3.12. The van der Waals surface area contributed by atoms with Crippen LogP contribution < -0.4 is 15.6 Å². The normalized spacial score (nSPS) is 11.5. The van der Waals surface area contributed by atoms with Crippen LogP contribution in [0.1, 0.15) is 0 Å². The molecule has 1 aromatic rings. The molecule has 108 valence electrons. The van der Waals surface area contributed by atoms with Crippen molar-refractivity contribution in [2.75, 3.05) is 31.3 Å². The standard InChI is InChI=1S/C9H15BrN4O4S/c1-11-19(17,18)5-2-12-7-6-13-14(3-4-15)9(16)8(7)10/h6,11-12,15H,2-5H2,1H3. The van der Waals surface area contributed by atoms with Crippen molar-refractivity contribution in [2.24, 2.45) is 0 Å². The SMILES string of the molecule is CNS(=O)(=O)CCNc1cnn(CCO)c(=O)c1Br. The van der Waals surface area contributed by atoms with Crippen LogP contribution in [0.3, 0.4) is 0 Å². The van der Waals surface area contributed by atoms with Crippen molar-refractivity contribution in [2.45, 2.75) is 6.54 Å². The number of hydrogen-bond acceptors (Lipinski definition) is 6. The summed E-state index contributed by atoms with van der Waals surface area (Å²) in [7, 11) is -1.96. The van der Waals surface area contributed by atoms with E-state index in [4.69, 9.17) is 5.11 Å². The van der Waals surface area contributed by atoms with Crippen LogP contribution in [0, 0.1) is 0 Å². The number of rotatable bonds is 7. The van der Waals surface area contributed by atoms with Crippen LogP contribution in [0.5, 0.6) is 0 Å². The van der Waals surface area contributed by atoms with Crippen molar-refractivity contribution in [1.82, 2.24) is 14.5 Å². The molecule has 1 aromatic heterocycles. The molecule has 0 aliphatic heterocycles. The molecule has 0 saturated carbocycles. The lowest BCUT2D eigenvalue weighted by Gasteiger charge is -2.09. The van der Waals surface area contributed by atoms with E-state index >= 15 is 0 Å². The first kappa shape index (κ1) is 16.1. The highest BCUT2D eigenvalue weighted by molar-refractivity contribution is 9.10. The number of hydrogen-bond donors (Lipinski definition) is 3. The Morgan fingerprint density at radius 3 is 2.79 bits per heavy atom. The van der Waals surface area contributed by atoms with Gasteiger partial charge >= 0.3 is 0 Å². The summed E-state index contributed by atoms with van der Waals surface area (Å²) in [5.41, 5.74) is 0.0148. The first-order valence-corrected chi connectivity index (χ1v) is 7.87. The molecule has 0 aliphatic carbocycles. The summed E-state index contributed by atoms with van der Waals surface area (Å²) in [6.07, 6.45) is 1.40. The number of nitrogens with one attached hydrogen (secondary N) is 2. The van der Waals surface area contributed by atoms with E-state index < -0.39 is 15.6 Å². The van der Waals surface area contributed by atoms with Crippen LogP contribution in [0.2, 0.25) is 0 Å². The minimum Gasteiger partial charge on any atom is -0.394 e. The number of aliphatic hydroxyl groups is 1. The molecule has 0 atom stereocenters. The highest BCUT2D eigenvalue weighted by Crippen LogP contribution is 2.15. The van der Waals surface area contributed by atoms with Crippen molar-refractivity contribution in [3.63, 3.8) is 0 Å². The fraction of sp³-hybridized carbons (Fsp3) is 0.556. The van der Waals surface area contributed by atoms with Gasteiger partial charge in [-0.3, -0.25) is 4.79 Å². The summed E-state index contributed by atoms with van der Waals surface area (Å²) in [4.78, 5) is 11.8. The van der Waals surface area contributed by atoms with E-state index in [1.165, 1.54) is 13.2 Å². The maximum absolute atomic E-state index is 11.8. The maximum atomic E-state index is 11.8. The molecular formula is C9H15BrN4O4S. The Labute approximate surface area is 119 Å². The van der Waals surface area contributed by atoms with Crippen LogP contribution in [-0.4, -0.2) is 49.3 Å². The smallest absolute Gasteiger partial charge is 0.283 e. The Balaban J connectivity index is 2.76. The second-order valence-electron chi connectivity index (χ2n) is 3.57. The van der Waals surface area contributed by atoms with Gasteiger partial charge in [-0.1, -0.05) is 0 Å². The van der Waals surface area contributed by atoms with Gasteiger partial charge in [-0.15, -0.1) is 0 Å². The van der Waals surface area contributed by atoms with Gasteiger partial charge in [-0.05, 0) is 23.0 Å². The number of aliphatic hydroxyl groups excluding tert-OH is 1. The van der Waals surface area contributed by atoms with E-state index in [9.17, 15) is 13.2 Å². The number of anilines is 1. The van der Waals surface area contributed by atoms with Crippen LogP contribution in [0.15, 0.2) is 15.5 Å². The largest absolute Gasteiger partial charge is 0.394 e. The topological polar surface area (TPSA) is 113 Å². The quantitative estimate of drug-likeness (QED) is 0.576. The molecule has 0 aromatic carbocycles. The van der Waals surface area contributed by atoms with Crippen molar-refractivity contribution in [3.05, 3.63) is 21.0 Å². The molecule has 19 heavy (non-hydrogen) atoms. The zero-order chi connectivity index (χ0) is 14.5. The number of nitrogens with zero attached hydrogens (tertiary/aromatic N) is 2. The van der Waals surface area contributed by atoms with Gasteiger partial charge in [0, 0.05) is 6.54 Å². The summed E-state index contributed by atoms with van der Waals surface area (Å²) in [6, 6.07) is 0. The van der Waals surface area contributed by atoms with Gasteiger partial charge in [0.25, 0.3) is 5.56 Å². The predicted octanol–water partition coefficient (Wildman–Crippen LogP) is -1.04. The van der Waals surface area contributed by atoms with Gasteiger partial charge in [-0.25, -0.2) is 17.8 Å². The molecule has 0 spiro atoms. The molecule has 3 N–H and O–H groups in total. The Kier molecular flexibility index (Phi) is 5.91. The highest BCUT2D eigenvalue weighted by Gasteiger charge is 2.10. The van der Waals surface area contributed by atoms with Crippen LogP contribution in [0.25, 0.3) is 0 Å². The molecular weight excluding hydrogens is 340 g/mol. The number of halogens is 1. The Hall–Kier alpha value is -0.970. The Bertz CT molecular complexity index is 586. The molecule has 0 saturated heterocycles. The maximum Gasteiger partial charge on any atom is 0.283 e. The van der Waals surface area contributed by atoms with Crippen molar-refractivity contribution < 1.29 is 13.5 Å². The molecule has 0 amide bonds. The lowest BCUT2D eigenvalue weighted by molar-refractivity contribution is 0.266.